The largest absolute Gasteiger partial charge is 0.357 e. The van der Waals surface area contributed by atoms with E-state index in [1.165, 1.54) is 6.08 Å². The smallest absolute Gasteiger partial charge is 0.324 e. The molecule has 1 heterocycles. The zero-order chi connectivity index (χ0) is 13.5. The standard InChI is InChI=1S/C14H16N4O/c15-9-8-13(18-10-4-5-11-18)17-14(19)16-12-6-2-1-3-7-12/h1-3,6-8H,4-5,10-11H2,(H2,16,17,19)/b13-8+. The van der Waals surface area contributed by atoms with Crippen LogP contribution in [-0.4, -0.2) is 24.0 Å². The Morgan fingerprint density at radius 1 is 1.26 bits per heavy atom. The second kappa shape index (κ2) is 6.45. The number of carbonyl (C=O) groups excluding carboxylic acids is 1. The number of likely N-dealkylation sites (tertiary alicyclic amines) is 1. The lowest BCUT2D eigenvalue weighted by Gasteiger charge is -2.21. The summed E-state index contributed by atoms with van der Waals surface area (Å²) in [4.78, 5) is 13.9. The van der Waals surface area contributed by atoms with Gasteiger partial charge in [-0.25, -0.2) is 4.79 Å². The van der Waals surface area contributed by atoms with E-state index in [4.69, 9.17) is 5.26 Å². The molecule has 0 radical (unpaired) electrons. The molecule has 1 saturated heterocycles. The number of amides is 2. The van der Waals surface area contributed by atoms with E-state index in [9.17, 15) is 4.79 Å². The van der Waals surface area contributed by atoms with Gasteiger partial charge in [-0.1, -0.05) is 18.2 Å². The number of urea groups is 1. The summed E-state index contributed by atoms with van der Waals surface area (Å²) in [6, 6.07) is 10.8. The average molecular weight is 256 g/mol. The van der Waals surface area contributed by atoms with Gasteiger partial charge in [0.05, 0.1) is 12.1 Å². The molecule has 2 amide bonds. The third-order valence-corrected chi connectivity index (χ3v) is 2.92. The minimum Gasteiger partial charge on any atom is -0.357 e. The van der Waals surface area contributed by atoms with Crippen LogP contribution in [0, 0.1) is 11.3 Å². The van der Waals surface area contributed by atoms with Crippen LogP contribution in [0.1, 0.15) is 12.8 Å². The lowest BCUT2D eigenvalue weighted by Crippen LogP contribution is -2.36. The molecule has 2 rings (SSSR count). The lowest BCUT2D eigenvalue weighted by atomic mass is 10.3. The molecule has 5 heteroatoms. The van der Waals surface area contributed by atoms with Crippen molar-refractivity contribution in [3.8, 4) is 6.07 Å². The minimum absolute atomic E-state index is 0.334. The zero-order valence-corrected chi connectivity index (χ0v) is 10.6. The molecule has 2 N–H and O–H groups in total. The summed E-state index contributed by atoms with van der Waals surface area (Å²) in [5.41, 5.74) is 0.720. The number of nitrogens with zero attached hydrogens (tertiary/aromatic N) is 2. The summed E-state index contributed by atoms with van der Waals surface area (Å²) < 4.78 is 0. The quantitative estimate of drug-likeness (QED) is 0.815. The summed E-state index contributed by atoms with van der Waals surface area (Å²) in [7, 11) is 0. The first-order valence-electron chi connectivity index (χ1n) is 6.27. The van der Waals surface area contributed by atoms with E-state index in [0.29, 0.717) is 5.82 Å². The Hall–Kier alpha value is -2.48. The topological polar surface area (TPSA) is 68.2 Å². The number of allylic oxidation sites excluding steroid dienone is 1. The number of nitriles is 1. The highest BCUT2D eigenvalue weighted by Crippen LogP contribution is 2.13. The Kier molecular flexibility index (Phi) is 4.40. The summed E-state index contributed by atoms with van der Waals surface area (Å²) in [6.07, 6.45) is 3.55. The summed E-state index contributed by atoms with van der Waals surface area (Å²) in [6.45, 7) is 1.75. The molecule has 1 fully saturated rings. The van der Waals surface area contributed by atoms with Crippen LogP contribution in [0.15, 0.2) is 42.2 Å². The maximum absolute atomic E-state index is 11.9. The van der Waals surface area contributed by atoms with Crippen molar-refractivity contribution in [2.24, 2.45) is 0 Å². The van der Waals surface area contributed by atoms with Gasteiger partial charge < -0.3 is 10.2 Å². The van der Waals surface area contributed by atoms with Crippen molar-refractivity contribution in [3.63, 3.8) is 0 Å². The van der Waals surface area contributed by atoms with Crippen molar-refractivity contribution in [2.75, 3.05) is 18.4 Å². The van der Waals surface area contributed by atoms with Crippen LogP contribution in [0.2, 0.25) is 0 Å². The highest BCUT2D eigenvalue weighted by Gasteiger charge is 2.16. The van der Waals surface area contributed by atoms with Gasteiger partial charge in [-0.15, -0.1) is 0 Å². The maximum atomic E-state index is 11.9. The van der Waals surface area contributed by atoms with E-state index in [1.807, 2.05) is 41.3 Å². The Labute approximate surface area is 112 Å². The lowest BCUT2D eigenvalue weighted by molar-refractivity contribution is 0.250. The van der Waals surface area contributed by atoms with Crippen molar-refractivity contribution in [3.05, 3.63) is 42.2 Å². The number of hydrogen-bond donors (Lipinski definition) is 2. The predicted molar refractivity (Wildman–Crippen MR) is 73.1 cm³/mol. The number of nitrogens with one attached hydrogen (secondary N) is 2. The second-order valence-electron chi connectivity index (χ2n) is 4.30. The molecule has 19 heavy (non-hydrogen) atoms. The minimum atomic E-state index is -0.334. The van der Waals surface area contributed by atoms with Gasteiger partial charge in [-0.05, 0) is 25.0 Å². The summed E-state index contributed by atoms with van der Waals surface area (Å²) in [5.74, 6) is 0.563. The molecule has 0 aliphatic carbocycles. The van der Waals surface area contributed by atoms with Crippen LogP contribution >= 0.6 is 0 Å². The second-order valence-corrected chi connectivity index (χ2v) is 4.30. The fourth-order valence-corrected chi connectivity index (χ4v) is 2.03. The number of hydrogen-bond acceptors (Lipinski definition) is 3. The van der Waals surface area contributed by atoms with Gasteiger partial charge in [0.1, 0.15) is 5.82 Å². The van der Waals surface area contributed by atoms with Gasteiger partial charge in [0.25, 0.3) is 0 Å². The van der Waals surface area contributed by atoms with E-state index >= 15 is 0 Å². The van der Waals surface area contributed by atoms with Gasteiger partial charge in [0.2, 0.25) is 0 Å². The Balaban J connectivity index is 1.96. The van der Waals surface area contributed by atoms with Gasteiger partial charge in [0, 0.05) is 18.8 Å². The number of anilines is 1. The van der Waals surface area contributed by atoms with Crippen molar-refractivity contribution in [2.45, 2.75) is 12.8 Å². The van der Waals surface area contributed by atoms with Crippen LogP contribution < -0.4 is 10.6 Å². The highest BCUT2D eigenvalue weighted by molar-refractivity contribution is 5.90. The number of para-hydroxylation sites is 1. The SMILES string of the molecule is N#C/C=C(\NC(=O)Nc1ccccc1)N1CCCC1. The van der Waals surface area contributed by atoms with Gasteiger partial charge in [-0.3, -0.25) is 5.32 Å². The molecule has 1 aromatic rings. The molecule has 0 aromatic heterocycles. The predicted octanol–water partition coefficient (Wildman–Crippen LogP) is 2.27. The van der Waals surface area contributed by atoms with Crippen LogP contribution in [-0.2, 0) is 0 Å². The van der Waals surface area contributed by atoms with Crippen molar-refractivity contribution >= 4 is 11.7 Å². The van der Waals surface area contributed by atoms with Crippen molar-refractivity contribution in [1.29, 1.82) is 5.26 Å². The van der Waals surface area contributed by atoms with Gasteiger partial charge >= 0.3 is 6.03 Å². The first-order valence-corrected chi connectivity index (χ1v) is 6.27. The summed E-state index contributed by atoms with van der Waals surface area (Å²) in [5, 5.41) is 14.2. The Morgan fingerprint density at radius 3 is 2.58 bits per heavy atom. The third-order valence-electron chi connectivity index (χ3n) is 2.92. The van der Waals surface area contributed by atoms with Gasteiger partial charge in [-0.2, -0.15) is 5.26 Å². The number of carbonyl (C=O) groups is 1. The van der Waals surface area contributed by atoms with Crippen LogP contribution in [0.4, 0.5) is 10.5 Å². The maximum Gasteiger partial charge on any atom is 0.324 e. The van der Waals surface area contributed by atoms with E-state index in [-0.39, 0.29) is 6.03 Å². The Bertz CT molecular complexity index is 498. The molecule has 5 nitrogen and oxygen atoms in total. The molecule has 0 spiro atoms. The molecule has 0 atom stereocenters. The fraction of sp³-hybridized carbons (Fsp3) is 0.286. The van der Waals surface area contributed by atoms with Gasteiger partial charge in [0.15, 0.2) is 0 Å². The molecule has 0 bridgehead atoms. The van der Waals surface area contributed by atoms with Crippen molar-refractivity contribution < 1.29 is 4.79 Å². The van der Waals surface area contributed by atoms with E-state index in [2.05, 4.69) is 10.6 Å². The molecule has 98 valence electrons. The highest BCUT2D eigenvalue weighted by atomic mass is 16.2. The first kappa shape index (κ1) is 13.0. The van der Waals surface area contributed by atoms with E-state index in [1.54, 1.807) is 0 Å². The molecule has 1 aromatic carbocycles. The van der Waals surface area contributed by atoms with Crippen LogP contribution in [0.25, 0.3) is 0 Å². The average Bonchev–Trinajstić information content (AvgIpc) is 2.93. The molecule has 0 saturated carbocycles. The van der Waals surface area contributed by atoms with Crippen LogP contribution in [0.3, 0.4) is 0 Å². The molecule has 1 aliphatic rings. The number of benzene rings is 1. The monoisotopic (exact) mass is 256 g/mol. The third kappa shape index (κ3) is 3.75. The summed E-state index contributed by atoms with van der Waals surface area (Å²) >= 11 is 0. The number of rotatable bonds is 3. The molecule has 1 aliphatic heterocycles. The molecular formula is C14H16N4O. The van der Waals surface area contributed by atoms with E-state index < -0.39 is 0 Å². The first-order chi connectivity index (χ1) is 9.29. The zero-order valence-electron chi connectivity index (χ0n) is 10.6. The molecular weight excluding hydrogens is 240 g/mol. The van der Waals surface area contributed by atoms with Crippen molar-refractivity contribution in [1.82, 2.24) is 10.2 Å². The Morgan fingerprint density at radius 2 is 1.95 bits per heavy atom. The van der Waals surface area contributed by atoms with E-state index in [0.717, 1.165) is 31.6 Å². The fourth-order valence-electron chi connectivity index (χ4n) is 2.03. The van der Waals surface area contributed by atoms with Crippen LogP contribution in [0.5, 0.6) is 0 Å². The molecule has 0 unspecified atom stereocenters. The normalized spacial score (nSPS) is 14.9.